The molecule has 2 rings (SSSR count). The number of hydrogen-bond acceptors (Lipinski definition) is 2. The van der Waals surface area contributed by atoms with Gasteiger partial charge in [-0.3, -0.25) is 0 Å². The highest BCUT2D eigenvalue weighted by Gasteiger charge is 2.16. The quantitative estimate of drug-likeness (QED) is 0.892. The third-order valence-corrected chi connectivity index (χ3v) is 4.32. The number of benzene rings is 2. The summed E-state index contributed by atoms with van der Waals surface area (Å²) in [7, 11) is 3.68. The Morgan fingerprint density at radius 1 is 1.00 bits per heavy atom. The van der Waals surface area contributed by atoms with Crippen molar-refractivity contribution in [1.29, 1.82) is 0 Å². The first-order chi connectivity index (χ1) is 9.97. The van der Waals surface area contributed by atoms with Crippen molar-refractivity contribution in [2.24, 2.45) is 0 Å². The molecular formula is C18H22ClNO. The molecule has 0 saturated heterocycles. The lowest BCUT2D eigenvalue weighted by atomic mass is 9.93. The largest absolute Gasteiger partial charge is 0.496 e. The van der Waals surface area contributed by atoms with Crippen LogP contribution in [0, 0.1) is 20.8 Å². The van der Waals surface area contributed by atoms with Crippen molar-refractivity contribution < 1.29 is 4.74 Å². The molecule has 1 N–H and O–H groups in total. The molecule has 2 nitrogen and oxygen atoms in total. The molecule has 2 aromatic carbocycles. The molecule has 2 aromatic rings. The molecule has 0 spiro atoms. The van der Waals surface area contributed by atoms with Gasteiger partial charge in [-0.15, -0.1) is 0 Å². The van der Waals surface area contributed by atoms with Crippen molar-refractivity contribution in [2.75, 3.05) is 14.2 Å². The van der Waals surface area contributed by atoms with Crippen LogP contribution in [0.25, 0.3) is 0 Å². The van der Waals surface area contributed by atoms with E-state index in [-0.39, 0.29) is 6.04 Å². The Hall–Kier alpha value is -1.51. The van der Waals surface area contributed by atoms with E-state index in [4.69, 9.17) is 16.3 Å². The van der Waals surface area contributed by atoms with E-state index in [0.29, 0.717) is 0 Å². The summed E-state index contributed by atoms with van der Waals surface area (Å²) >= 11 is 6.21. The second-order valence-corrected chi connectivity index (χ2v) is 5.82. The Bertz CT molecular complexity index is 652. The minimum atomic E-state index is 0.121. The number of halogens is 1. The number of rotatable bonds is 4. The average Bonchev–Trinajstić information content (AvgIpc) is 2.46. The highest BCUT2D eigenvalue weighted by molar-refractivity contribution is 6.31. The molecule has 1 atom stereocenters. The van der Waals surface area contributed by atoms with Gasteiger partial charge >= 0.3 is 0 Å². The fourth-order valence-corrected chi connectivity index (χ4v) is 2.85. The molecule has 0 radical (unpaired) electrons. The van der Waals surface area contributed by atoms with Crippen molar-refractivity contribution >= 4 is 11.6 Å². The van der Waals surface area contributed by atoms with E-state index in [9.17, 15) is 0 Å². The van der Waals surface area contributed by atoms with E-state index in [1.165, 1.54) is 16.7 Å². The van der Waals surface area contributed by atoms with Crippen LogP contribution >= 0.6 is 11.6 Å². The van der Waals surface area contributed by atoms with Crippen LogP contribution in [-0.4, -0.2) is 14.2 Å². The SMILES string of the molecule is CNC(c1ccc(C)c(OC)c1)c1cc(C)c(Cl)cc1C. The van der Waals surface area contributed by atoms with Crippen LogP contribution in [0.3, 0.4) is 0 Å². The average molecular weight is 304 g/mol. The Balaban J connectivity index is 2.52. The monoisotopic (exact) mass is 303 g/mol. The maximum Gasteiger partial charge on any atom is 0.122 e. The summed E-state index contributed by atoms with van der Waals surface area (Å²) in [5.41, 5.74) is 5.84. The van der Waals surface area contributed by atoms with E-state index in [2.05, 4.69) is 43.4 Å². The van der Waals surface area contributed by atoms with Crippen LogP contribution in [0.4, 0.5) is 0 Å². The number of ether oxygens (including phenoxy) is 1. The van der Waals surface area contributed by atoms with Crippen molar-refractivity contribution in [3.8, 4) is 5.75 Å². The molecule has 0 fully saturated rings. The first-order valence-electron chi connectivity index (χ1n) is 7.06. The van der Waals surface area contributed by atoms with E-state index in [1.807, 2.05) is 20.0 Å². The van der Waals surface area contributed by atoms with Crippen LogP contribution in [0.1, 0.15) is 33.9 Å². The first kappa shape index (κ1) is 15.9. The zero-order valence-corrected chi connectivity index (χ0v) is 14.0. The second-order valence-electron chi connectivity index (χ2n) is 5.41. The van der Waals surface area contributed by atoms with Gasteiger partial charge in [-0.1, -0.05) is 29.8 Å². The maximum atomic E-state index is 6.21. The summed E-state index contributed by atoms with van der Waals surface area (Å²) in [4.78, 5) is 0. The standard InChI is InChI=1S/C18H22ClNO/c1-11-6-7-14(10-17(11)21-5)18(20-4)15-8-13(3)16(19)9-12(15)2/h6-10,18,20H,1-5H3. The van der Waals surface area contributed by atoms with Crippen LogP contribution in [0.15, 0.2) is 30.3 Å². The molecule has 0 aromatic heterocycles. The zero-order chi connectivity index (χ0) is 15.6. The fraction of sp³-hybridized carbons (Fsp3) is 0.333. The van der Waals surface area contributed by atoms with Gasteiger partial charge in [0.1, 0.15) is 5.75 Å². The van der Waals surface area contributed by atoms with Gasteiger partial charge in [0.2, 0.25) is 0 Å². The molecule has 21 heavy (non-hydrogen) atoms. The Morgan fingerprint density at radius 3 is 2.33 bits per heavy atom. The van der Waals surface area contributed by atoms with Crippen LogP contribution in [0.5, 0.6) is 5.75 Å². The maximum absolute atomic E-state index is 6.21. The predicted octanol–water partition coefficient (Wildman–Crippen LogP) is 4.58. The van der Waals surface area contributed by atoms with Gasteiger partial charge in [0.05, 0.1) is 13.2 Å². The van der Waals surface area contributed by atoms with Gasteiger partial charge in [0, 0.05) is 5.02 Å². The highest BCUT2D eigenvalue weighted by Crippen LogP contribution is 2.31. The lowest BCUT2D eigenvalue weighted by molar-refractivity contribution is 0.410. The molecule has 0 aliphatic rings. The number of aryl methyl sites for hydroxylation is 3. The van der Waals surface area contributed by atoms with Gasteiger partial charge < -0.3 is 10.1 Å². The minimum Gasteiger partial charge on any atom is -0.496 e. The summed E-state index contributed by atoms with van der Waals surface area (Å²) in [6.45, 7) is 6.18. The Labute approximate surface area is 132 Å². The van der Waals surface area contributed by atoms with Gasteiger partial charge in [-0.05, 0) is 67.8 Å². The summed E-state index contributed by atoms with van der Waals surface area (Å²) in [6, 6.07) is 10.6. The topological polar surface area (TPSA) is 21.3 Å². The normalized spacial score (nSPS) is 12.3. The number of methoxy groups -OCH3 is 1. The first-order valence-corrected chi connectivity index (χ1v) is 7.44. The van der Waals surface area contributed by atoms with Crippen molar-refractivity contribution in [3.63, 3.8) is 0 Å². The molecular weight excluding hydrogens is 282 g/mol. The third-order valence-electron chi connectivity index (χ3n) is 3.91. The summed E-state index contributed by atoms with van der Waals surface area (Å²) < 4.78 is 5.44. The van der Waals surface area contributed by atoms with Crippen molar-refractivity contribution in [1.82, 2.24) is 5.32 Å². The summed E-state index contributed by atoms with van der Waals surface area (Å²) in [5.74, 6) is 0.913. The van der Waals surface area contributed by atoms with Gasteiger partial charge in [-0.2, -0.15) is 0 Å². The molecule has 0 bridgehead atoms. The van der Waals surface area contributed by atoms with Crippen LogP contribution < -0.4 is 10.1 Å². The van der Waals surface area contributed by atoms with Gasteiger partial charge in [-0.25, -0.2) is 0 Å². The van der Waals surface area contributed by atoms with Crippen molar-refractivity contribution in [2.45, 2.75) is 26.8 Å². The third kappa shape index (κ3) is 3.22. The molecule has 0 saturated carbocycles. The van der Waals surface area contributed by atoms with Crippen LogP contribution in [0.2, 0.25) is 5.02 Å². The summed E-state index contributed by atoms with van der Waals surface area (Å²) in [5, 5.41) is 4.21. The van der Waals surface area contributed by atoms with Gasteiger partial charge in [0.25, 0.3) is 0 Å². The minimum absolute atomic E-state index is 0.121. The smallest absolute Gasteiger partial charge is 0.122 e. The fourth-order valence-electron chi connectivity index (χ4n) is 2.63. The lowest BCUT2D eigenvalue weighted by Crippen LogP contribution is -2.19. The van der Waals surface area contributed by atoms with E-state index in [1.54, 1.807) is 7.11 Å². The zero-order valence-electron chi connectivity index (χ0n) is 13.3. The van der Waals surface area contributed by atoms with E-state index < -0.39 is 0 Å². The van der Waals surface area contributed by atoms with Gasteiger partial charge in [0.15, 0.2) is 0 Å². The van der Waals surface area contributed by atoms with E-state index in [0.717, 1.165) is 21.9 Å². The lowest BCUT2D eigenvalue weighted by Gasteiger charge is -2.21. The molecule has 0 heterocycles. The summed E-state index contributed by atoms with van der Waals surface area (Å²) in [6.07, 6.45) is 0. The van der Waals surface area contributed by atoms with Crippen LogP contribution in [-0.2, 0) is 0 Å². The molecule has 3 heteroatoms. The number of nitrogens with one attached hydrogen (secondary N) is 1. The molecule has 0 aliphatic carbocycles. The predicted molar refractivity (Wildman–Crippen MR) is 89.6 cm³/mol. The molecule has 1 unspecified atom stereocenters. The Kier molecular flexibility index (Phi) is 4.92. The molecule has 0 amide bonds. The number of hydrogen-bond donors (Lipinski definition) is 1. The van der Waals surface area contributed by atoms with E-state index >= 15 is 0 Å². The Morgan fingerprint density at radius 2 is 1.71 bits per heavy atom. The second kappa shape index (κ2) is 6.50. The molecule has 112 valence electrons. The molecule has 0 aliphatic heterocycles. The highest BCUT2D eigenvalue weighted by atomic mass is 35.5. The van der Waals surface area contributed by atoms with Crippen molar-refractivity contribution in [3.05, 3.63) is 63.2 Å².